The summed E-state index contributed by atoms with van der Waals surface area (Å²) in [6.07, 6.45) is 3.03. The van der Waals surface area contributed by atoms with E-state index in [4.69, 9.17) is 0 Å². The molecule has 1 N–H and O–H groups in total. The topological polar surface area (TPSA) is 42.2 Å². The summed E-state index contributed by atoms with van der Waals surface area (Å²) in [5.74, 6) is 0.302. The average molecular weight is 170 g/mol. The maximum Gasteiger partial charge on any atom is 0.222 e. The van der Waals surface area contributed by atoms with Crippen molar-refractivity contribution in [1.82, 2.24) is 10.2 Å². The Kier molecular flexibility index (Phi) is 3.53. The van der Waals surface area contributed by atoms with Crippen LogP contribution in [0.5, 0.6) is 0 Å². The monoisotopic (exact) mass is 170 g/mol. The molecule has 0 aromatic heterocycles. The lowest BCUT2D eigenvalue weighted by molar-refractivity contribution is -0.131. The Morgan fingerprint density at radius 3 is 2.33 bits per heavy atom. The van der Waals surface area contributed by atoms with Gasteiger partial charge in [-0.3, -0.25) is 4.79 Å². The van der Waals surface area contributed by atoms with Gasteiger partial charge in [0.05, 0.1) is 0 Å². The predicted molar refractivity (Wildman–Crippen MR) is 49.0 cm³/mol. The van der Waals surface area contributed by atoms with Crippen LogP contribution in [-0.4, -0.2) is 37.0 Å². The van der Waals surface area contributed by atoms with E-state index in [2.05, 4.69) is 12.2 Å². The molecule has 3 nitrogen and oxygen atoms in total. The van der Waals surface area contributed by atoms with Crippen molar-refractivity contribution in [3.63, 3.8) is 0 Å². The van der Waals surface area contributed by atoms with Gasteiger partial charge in [0.1, 0.15) is 0 Å². The van der Waals surface area contributed by atoms with E-state index in [1.807, 2.05) is 7.05 Å². The van der Waals surface area contributed by atoms with Crippen LogP contribution in [0.25, 0.3) is 0 Å². The Morgan fingerprint density at radius 1 is 1.50 bits per heavy atom. The van der Waals surface area contributed by atoms with Gasteiger partial charge in [-0.1, -0.05) is 0 Å². The number of rotatable bonds is 0. The number of carbonyl (C=O) groups excluding carboxylic acids is 1. The molecule has 2 saturated heterocycles. The number of nitrogens with one attached hydrogen (secondary N) is 1. The van der Waals surface area contributed by atoms with Gasteiger partial charge in [-0.2, -0.15) is 0 Å². The lowest BCUT2D eigenvalue weighted by Gasteiger charge is -2.21. The van der Waals surface area contributed by atoms with Crippen molar-refractivity contribution in [1.29, 1.82) is 0 Å². The third-order valence-corrected chi connectivity index (χ3v) is 2.17. The molecule has 0 aliphatic carbocycles. The SMILES string of the molecule is CC1CN1.CN1CCCCC1=O. The Labute approximate surface area is 74.1 Å². The van der Waals surface area contributed by atoms with Gasteiger partial charge in [-0.25, -0.2) is 0 Å². The zero-order valence-corrected chi connectivity index (χ0v) is 7.97. The minimum absolute atomic E-state index is 0.302. The number of amides is 1. The van der Waals surface area contributed by atoms with Gasteiger partial charge >= 0.3 is 0 Å². The largest absolute Gasteiger partial charge is 0.346 e. The van der Waals surface area contributed by atoms with Crippen LogP contribution in [0.1, 0.15) is 26.2 Å². The fraction of sp³-hybridized carbons (Fsp3) is 0.889. The standard InChI is InChI=1S/C6H11NO.C3H7N/c1-7-5-3-2-4-6(7)8;1-3-2-4-3/h2-5H2,1H3;3-4H,2H2,1H3. The molecule has 70 valence electrons. The van der Waals surface area contributed by atoms with Crippen molar-refractivity contribution >= 4 is 5.91 Å². The molecule has 2 aliphatic rings. The highest BCUT2D eigenvalue weighted by Gasteiger charge is 2.12. The van der Waals surface area contributed by atoms with E-state index in [0.29, 0.717) is 5.91 Å². The van der Waals surface area contributed by atoms with Crippen molar-refractivity contribution in [3.8, 4) is 0 Å². The lowest BCUT2D eigenvalue weighted by Crippen LogP contribution is -2.31. The fourth-order valence-corrected chi connectivity index (χ4v) is 1.06. The van der Waals surface area contributed by atoms with Crippen LogP contribution in [0, 0.1) is 0 Å². The first-order valence-corrected chi connectivity index (χ1v) is 4.67. The zero-order valence-electron chi connectivity index (χ0n) is 7.97. The molecule has 0 bridgehead atoms. The van der Waals surface area contributed by atoms with E-state index in [-0.39, 0.29) is 0 Å². The third-order valence-electron chi connectivity index (χ3n) is 2.17. The van der Waals surface area contributed by atoms with E-state index in [1.165, 1.54) is 13.0 Å². The summed E-state index contributed by atoms with van der Waals surface area (Å²) in [5.41, 5.74) is 0. The van der Waals surface area contributed by atoms with Crippen molar-refractivity contribution in [2.24, 2.45) is 0 Å². The number of hydrogen-bond acceptors (Lipinski definition) is 2. The molecule has 0 aromatic carbocycles. The second kappa shape index (κ2) is 4.45. The molecule has 0 radical (unpaired) electrons. The smallest absolute Gasteiger partial charge is 0.222 e. The summed E-state index contributed by atoms with van der Waals surface area (Å²) in [6, 6.07) is 0.833. The molecule has 2 aliphatic heterocycles. The number of hydrogen-bond donors (Lipinski definition) is 1. The molecule has 1 atom stereocenters. The molecular formula is C9H18N2O. The highest BCUT2D eigenvalue weighted by Crippen LogP contribution is 2.06. The van der Waals surface area contributed by atoms with Crippen molar-refractivity contribution < 1.29 is 4.79 Å². The highest BCUT2D eigenvalue weighted by molar-refractivity contribution is 5.76. The number of nitrogens with zero attached hydrogens (tertiary/aromatic N) is 1. The van der Waals surface area contributed by atoms with Crippen molar-refractivity contribution in [2.75, 3.05) is 20.1 Å². The van der Waals surface area contributed by atoms with Crippen LogP contribution in [0.3, 0.4) is 0 Å². The molecule has 3 heteroatoms. The van der Waals surface area contributed by atoms with Gasteiger partial charge in [0.15, 0.2) is 0 Å². The van der Waals surface area contributed by atoms with Gasteiger partial charge in [-0.15, -0.1) is 0 Å². The maximum absolute atomic E-state index is 10.7. The van der Waals surface area contributed by atoms with Crippen molar-refractivity contribution in [2.45, 2.75) is 32.2 Å². The summed E-state index contributed by atoms with van der Waals surface area (Å²) >= 11 is 0. The molecular weight excluding hydrogens is 152 g/mol. The van der Waals surface area contributed by atoms with Crippen LogP contribution in [0.2, 0.25) is 0 Å². The quantitative estimate of drug-likeness (QED) is 0.541. The molecule has 1 unspecified atom stereocenters. The molecule has 0 spiro atoms. The normalized spacial score (nSPS) is 27.7. The first-order valence-electron chi connectivity index (χ1n) is 4.67. The summed E-state index contributed by atoms with van der Waals surface area (Å²) in [7, 11) is 1.86. The minimum atomic E-state index is 0.302. The number of likely N-dealkylation sites (tertiary alicyclic amines) is 1. The first-order chi connectivity index (χ1) is 5.70. The summed E-state index contributed by atoms with van der Waals surface area (Å²) < 4.78 is 0. The Bertz CT molecular complexity index is 155. The van der Waals surface area contributed by atoms with Crippen LogP contribution in [0.4, 0.5) is 0 Å². The second-order valence-corrected chi connectivity index (χ2v) is 3.58. The lowest BCUT2D eigenvalue weighted by atomic mass is 10.1. The summed E-state index contributed by atoms with van der Waals surface area (Å²) in [4.78, 5) is 12.5. The highest BCUT2D eigenvalue weighted by atomic mass is 16.2. The first kappa shape index (κ1) is 9.52. The van der Waals surface area contributed by atoms with Gasteiger partial charge < -0.3 is 10.2 Å². The van der Waals surface area contributed by atoms with E-state index in [9.17, 15) is 4.79 Å². The fourth-order valence-electron chi connectivity index (χ4n) is 1.06. The van der Waals surface area contributed by atoms with E-state index in [1.54, 1.807) is 4.90 Å². The summed E-state index contributed by atoms with van der Waals surface area (Å²) in [5, 5.41) is 3.10. The van der Waals surface area contributed by atoms with Gasteiger partial charge in [0.25, 0.3) is 0 Å². The Morgan fingerprint density at radius 2 is 2.08 bits per heavy atom. The Balaban J connectivity index is 0.000000150. The van der Waals surface area contributed by atoms with Crippen LogP contribution in [0.15, 0.2) is 0 Å². The number of carbonyl (C=O) groups is 1. The molecule has 1 amide bonds. The predicted octanol–water partition coefficient (Wildman–Crippen LogP) is 0.607. The number of piperidine rings is 1. The molecule has 12 heavy (non-hydrogen) atoms. The second-order valence-electron chi connectivity index (χ2n) is 3.58. The van der Waals surface area contributed by atoms with Crippen LogP contribution < -0.4 is 5.32 Å². The van der Waals surface area contributed by atoms with E-state index < -0.39 is 0 Å². The molecule has 0 aromatic rings. The van der Waals surface area contributed by atoms with Crippen LogP contribution in [-0.2, 0) is 4.79 Å². The molecule has 2 fully saturated rings. The maximum atomic E-state index is 10.7. The third kappa shape index (κ3) is 3.72. The van der Waals surface area contributed by atoms with Crippen LogP contribution >= 0.6 is 0 Å². The average Bonchev–Trinajstić information content (AvgIpc) is 2.80. The van der Waals surface area contributed by atoms with Gasteiger partial charge in [0, 0.05) is 32.6 Å². The van der Waals surface area contributed by atoms with E-state index >= 15 is 0 Å². The molecule has 0 saturated carbocycles. The van der Waals surface area contributed by atoms with Gasteiger partial charge in [-0.05, 0) is 19.8 Å². The van der Waals surface area contributed by atoms with Gasteiger partial charge in [0.2, 0.25) is 5.91 Å². The van der Waals surface area contributed by atoms with Crippen molar-refractivity contribution in [3.05, 3.63) is 0 Å². The summed E-state index contributed by atoms with van der Waals surface area (Å²) in [6.45, 7) is 4.36. The molecule has 2 heterocycles. The van der Waals surface area contributed by atoms with E-state index in [0.717, 1.165) is 25.4 Å². The molecule has 2 rings (SSSR count). The zero-order chi connectivity index (χ0) is 8.97. The Hall–Kier alpha value is -0.570. The minimum Gasteiger partial charge on any atom is -0.346 e.